The van der Waals surface area contributed by atoms with E-state index in [0.29, 0.717) is 18.7 Å². The molecule has 6 nitrogen and oxygen atoms in total. The minimum atomic E-state index is -0.0329. The van der Waals surface area contributed by atoms with Crippen molar-refractivity contribution in [2.45, 2.75) is 33.9 Å². The molecular weight excluding hydrogens is 306 g/mol. The molecule has 6 heteroatoms. The van der Waals surface area contributed by atoms with Gasteiger partial charge in [0.25, 0.3) is 5.91 Å². The summed E-state index contributed by atoms with van der Waals surface area (Å²) in [6.07, 6.45) is 1.66. The second-order valence-corrected chi connectivity index (χ2v) is 6.04. The fourth-order valence-electron chi connectivity index (χ4n) is 2.83. The van der Waals surface area contributed by atoms with E-state index in [1.165, 1.54) is 0 Å². The van der Waals surface area contributed by atoms with Gasteiger partial charge in [0.2, 0.25) is 0 Å². The second kappa shape index (κ2) is 6.39. The summed E-state index contributed by atoms with van der Waals surface area (Å²) in [4.78, 5) is 14.4. The first-order valence-corrected chi connectivity index (χ1v) is 7.82. The van der Waals surface area contributed by atoms with Crippen molar-refractivity contribution in [2.24, 2.45) is 0 Å². The van der Waals surface area contributed by atoms with Gasteiger partial charge in [-0.05, 0) is 39.0 Å². The summed E-state index contributed by atoms with van der Waals surface area (Å²) in [6, 6.07) is 7.55. The number of carbonyl (C=O) groups is 1. The van der Waals surface area contributed by atoms with E-state index in [-0.39, 0.29) is 5.91 Å². The van der Waals surface area contributed by atoms with Gasteiger partial charge in [-0.15, -0.1) is 0 Å². The number of aromatic nitrogens is 2. The van der Waals surface area contributed by atoms with Crippen LogP contribution in [-0.4, -0.2) is 27.6 Å². The van der Waals surface area contributed by atoms with E-state index in [2.05, 4.69) is 9.72 Å². The van der Waals surface area contributed by atoms with Crippen LogP contribution in [0.25, 0.3) is 0 Å². The van der Waals surface area contributed by atoms with Crippen LogP contribution < -0.4 is 0 Å². The number of hydrogen-bond acceptors (Lipinski definition) is 4. The highest BCUT2D eigenvalue weighted by molar-refractivity contribution is 5.95. The van der Waals surface area contributed by atoms with Crippen LogP contribution in [-0.2, 0) is 13.1 Å². The van der Waals surface area contributed by atoms with Gasteiger partial charge in [-0.1, -0.05) is 5.16 Å². The number of aryl methyl sites for hydroxylation is 2. The van der Waals surface area contributed by atoms with Crippen molar-refractivity contribution in [2.75, 3.05) is 7.05 Å². The Labute approximate surface area is 140 Å². The minimum Gasteiger partial charge on any atom is -0.467 e. The lowest BCUT2D eigenvalue weighted by Crippen LogP contribution is -2.26. The van der Waals surface area contributed by atoms with Gasteiger partial charge in [0.1, 0.15) is 17.2 Å². The number of amides is 1. The Morgan fingerprint density at radius 2 is 2.08 bits per heavy atom. The van der Waals surface area contributed by atoms with Crippen molar-refractivity contribution in [3.8, 4) is 0 Å². The van der Waals surface area contributed by atoms with Crippen molar-refractivity contribution in [1.29, 1.82) is 0 Å². The molecule has 0 saturated heterocycles. The van der Waals surface area contributed by atoms with Crippen LogP contribution in [0.5, 0.6) is 0 Å². The molecule has 0 bridgehead atoms. The summed E-state index contributed by atoms with van der Waals surface area (Å²) in [5.41, 5.74) is 3.39. The zero-order valence-electron chi connectivity index (χ0n) is 14.4. The number of nitrogens with zero attached hydrogens (tertiary/aromatic N) is 3. The number of rotatable bonds is 5. The van der Waals surface area contributed by atoms with E-state index in [4.69, 9.17) is 8.94 Å². The zero-order valence-corrected chi connectivity index (χ0v) is 14.4. The lowest BCUT2D eigenvalue weighted by atomic mass is 10.2. The van der Waals surface area contributed by atoms with Crippen LogP contribution in [0, 0.1) is 20.8 Å². The Kier molecular flexibility index (Phi) is 4.29. The molecule has 0 aromatic carbocycles. The molecule has 3 rings (SSSR count). The Morgan fingerprint density at radius 3 is 2.71 bits per heavy atom. The predicted octanol–water partition coefficient (Wildman–Crippen LogP) is 3.31. The number of hydrogen-bond donors (Lipinski definition) is 0. The molecule has 0 atom stereocenters. The van der Waals surface area contributed by atoms with E-state index < -0.39 is 0 Å². The summed E-state index contributed by atoms with van der Waals surface area (Å²) in [6.45, 7) is 6.81. The molecular formula is C18H21N3O3. The van der Waals surface area contributed by atoms with E-state index in [1.807, 2.05) is 45.0 Å². The second-order valence-electron chi connectivity index (χ2n) is 6.04. The summed E-state index contributed by atoms with van der Waals surface area (Å²) in [7, 11) is 1.77. The third-order valence-electron chi connectivity index (χ3n) is 4.12. The summed E-state index contributed by atoms with van der Waals surface area (Å²) in [5, 5.41) is 3.94. The van der Waals surface area contributed by atoms with Crippen LogP contribution in [0.3, 0.4) is 0 Å². The summed E-state index contributed by atoms with van der Waals surface area (Å²) < 4.78 is 12.5. The highest BCUT2D eigenvalue weighted by Gasteiger charge is 2.20. The average molecular weight is 327 g/mol. The Balaban J connectivity index is 1.79. The highest BCUT2D eigenvalue weighted by Crippen LogP contribution is 2.19. The van der Waals surface area contributed by atoms with E-state index >= 15 is 0 Å². The molecule has 3 aromatic heterocycles. The first kappa shape index (κ1) is 16.1. The molecule has 24 heavy (non-hydrogen) atoms. The quantitative estimate of drug-likeness (QED) is 0.721. The molecule has 0 aliphatic rings. The van der Waals surface area contributed by atoms with Gasteiger partial charge in [0.15, 0.2) is 0 Å². The SMILES string of the molecule is Cc1cc(CN(C)C(=O)c2cc(C)n(Cc3ccco3)c2C)no1. The monoisotopic (exact) mass is 327 g/mol. The Morgan fingerprint density at radius 1 is 1.29 bits per heavy atom. The molecule has 0 saturated carbocycles. The van der Waals surface area contributed by atoms with Crippen molar-refractivity contribution < 1.29 is 13.7 Å². The Hall–Kier alpha value is -2.76. The largest absolute Gasteiger partial charge is 0.467 e. The van der Waals surface area contributed by atoms with Gasteiger partial charge in [0, 0.05) is 24.5 Å². The molecule has 0 fully saturated rings. The standard InChI is InChI=1S/C18H21N3O3/c1-12-8-17(14(3)21(12)11-16-6-5-7-23-16)18(22)20(4)10-15-9-13(2)24-19-15/h5-9H,10-11H2,1-4H3. The summed E-state index contributed by atoms with van der Waals surface area (Å²) in [5.74, 6) is 1.57. The van der Waals surface area contributed by atoms with Crippen LogP contribution >= 0.6 is 0 Å². The molecule has 3 heterocycles. The van der Waals surface area contributed by atoms with Gasteiger partial charge < -0.3 is 18.4 Å². The predicted molar refractivity (Wildman–Crippen MR) is 88.8 cm³/mol. The maximum atomic E-state index is 12.8. The molecule has 0 aliphatic carbocycles. The van der Waals surface area contributed by atoms with Gasteiger partial charge in [-0.3, -0.25) is 4.79 Å². The van der Waals surface area contributed by atoms with Crippen LogP contribution in [0.15, 0.2) is 39.5 Å². The topological polar surface area (TPSA) is 64.4 Å². The first-order chi connectivity index (χ1) is 11.5. The van der Waals surface area contributed by atoms with Crippen LogP contribution in [0.2, 0.25) is 0 Å². The Bertz CT molecular complexity index is 843. The zero-order chi connectivity index (χ0) is 17.3. The summed E-state index contributed by atoms with van der Waals surface area (Å²) >= 11 is 0. The number of furan rings is 1. The maximum absolute atomic E-state index is 12.8. The molecule has 3 aromatic rings. The molecule has 0 unspecified atom stereocenters. The van der Waals surface area contributed by atoms with Gasteiger partial charge in [0.05, 0.1) is 24.9 Å². The van der Waals surface area contributed by atoms with Crippen molar-refractivity contribution in [1.82, 2.24) is 14.6 Å². The lowest BCUT2D eigenvalue weighted by Gasteiger charge is -2.15. The highest BCUT2D eigenvalue weighted by atomic mass is 16.5. The van der Waals surface area contributed by atoms with Gasteiger partial charge in [-0.2, -0.15) is 0 Å². The molecule has 0 N–H and O–H groups in total. The molecule has 0 radical (unpaired) electrons. The normalized spacial score (nSPS) is 11.0. The fraction of sp³-hybridized carbons (Fsp3) is 0.333. The maximum Gasteiger partial charge on any atom is 0.255 e. The fourth-order valence-corrected chi connectivity index (χ4v) is 2.83. The van der Waals surface area contributed by atoms with Crippen molar-refractivity contribution in [3.05, 3.63) is 64.7 Å². The van der Waals surface area contributed by atoms with Gasteiger partial charge in [-0.25, -0.2) is 0 Å². The first-order valence-electron chi connectivity index (χ1n) is 7.82. The number of carbonyl (C=O) groups excluding carboxylic acids is 1. The molecule has 1 amide bonds. The van der Waals surface area contributed by atoms with Crippen LogP contribution in [0.4, 0.5) is 0 Å². The third kappa shape index (κ3) is 3.13. The smallest absolute Gasteiger partial charge is 0.255 e. The molecule has 0 spiro atoms. The van der Waals surface area contributed by atoms with Crippen molar-refractivity contribution in [3.63, 3.8) is 0 Å². The van der Waals surface area contributed by atoms with E-state index in [1.54, 1.807) is 18.2 Å². The lowest BCUT2D eigenvalue weighted by molar-refractivity contribution is 0.0781. The minimum absolute atomic E-state index is 0.0329. The van der Waals surface area contributed by atoms with E-state index in [0.717, 1.165) is 28.6 Å². The van der Waals surface area contributed by atoms with Crippen LogP contribution in [0.1, 0.15) is 39.0 Å². The van der Waals surface area contributed by atoms with Gasteiger partial charge >= 0.3 is 0 Å². The molecule has 126 valence electrons. The third-order valence-corrected chi connectivity index (χ3v) is 4.12. The average Bonchev–Trinajstić information content (AvgIpc) is 3.25. The van der Waals surface area contributed by atoms with Crippen molar-refractivity contribution >= 4 is 5.91 Å². The van der Waals surface area contributed by atoms with E-state index in [9.17, 15) is 4.79 Å². The molecule has 0 aliphatic heterocycles.